The predicted molar refractivity (Wildman–Crippen MR) is 109 cm³/mol. The summed E-state index contributed by atoms with van der Waals surface area (Å²) in [6.45, 7) is 4.97. The number of carbonyl (C=O) groups is 1. The summed E-state index contributed by atoms with van der Waals surface area (Å²) in [5.41, 5.74) is 2.04. The summed E-state index contributed by atoms with van der Waals surface area (Å²) in [5.74, 6) is 0.190. The van der Waals surface area contributed by atoms with Crippen molar-refractivity contribution in [3.8, 4) is 0 Å². The highest BCUT2D eigenvalue weighted by Gasteiger charge is 2.30. The first-order valence-corrected chi connectivity index (χ1v) is 10.5. The lowest BCUT2D eigenvalue weighted by molar-refractivity contribution is 0.0350. The topological polar surface area (TPSA) is 32.8 Å². The fourth-order valence-electron chi connectivity index (χ4n) is 3.63. The van der Waals surface area contributed by atoms with Gasteiger partial charge in [-0.3, -0.25) is 9.69 Å². The van der Waals surface area contributed by atoms with Crippen LogP contribution in [-0.2, 0) is 4.74 Å². The van der Waals surface area contributed by atoms with Crippen LogP contribution < -0.4 is 0 Å². The molecule has 1 atom stereocenters. The second-order valence-corrected chi connectivity index (χ2v) is 8.42. The number of ether oxygens (including phenoxy) is 1. The summed E-state index contributed by atoms with van der Waals surface area (Å²) in [6.07, 6.45) is 0.962. The molecule has 0 N–H and O–H groups in total. The van der Waals surface area contributed by atoms with Gasteiger partial charge in [0.2, 0.25) is 0 Å². The molecule has 4 nitrogen and oxygen atoms in total. The molecule has 0 bridgehead atoms. The number of benzene rings is 2. The average molecular weight is 403 g/mol. The average Bonchev–Trinajstić information content (AvgIpc) is 2.70. The third-order valence-corrected chi connectivity index (χ3v) is 6.55. The maximum absolute atomic E-state index is 12.7. The van der Waals surface area contributed by atoms with Crippen LogP contribution in [0.5, 0.6) is 0 Å². The molecule has 27 heavy (non-hydrogen) atoms. The van der Waals surface area contributed by atoms with Crippen molar-refractivity contribution in [1.29, 1.82) is 0 Å². The molecule has 1 unspecified atom stereocenters. The standard InChI is InChI=1S/C21H23ClN2O2S/c22-17-7-5-16(6-8-17)19(9-10-23-11-13-26-14-12-23)24-15-20(25)18-3-1-2-4-21(18)27-24/h1-8,19H,9-15H2. The maximum Gasteiger partial charge on any atom is 0.178 e. The van der Waals surface area contributed by atoms with E-state index in [4.69, 9.17) is 16.3 Å². The van der Waals surface area contributed by atoms with E-state index in [9.17, 15) is 4.79 Å². The largest absolute Gasteiger partial charge is 0.379 e. The van der Waals surface area contributed by atoms with Crippen LogP contribution in [0.25, 0.3) is 0 Å². The highest BCUT2D eigenvalue weighted by molar-refractivity contribution is 7.97. The van der Waals surface area contributed by atoms with Crippen molar-refractivity contribution in [2.75, 3.05) is 39.4 Å². The van der Waals surface area contributed by atoms with Gasteiger partial charge in [0.1, 0.15) is 0 Å². The molecule has 1 fully saturated rings. The molecule has 0 radical (unpaired) electrons. The van der Waals surface area contributed by atoms with Crippen molar-refractivity contribution in [2.45, 2.75) is 17.4 Å². The Morgan fingerprint density at radius 3 is 2.59 bits per heavy atom. The summed E-state index contributed by atoms with van der Waals surface area (Å²) in [5, 5.41) is 0.735. The quantitative estimate of drug-likeness (QED) is 0.696. The molecule has 142 valence electrons. The van der Waals surface area contributed by atoms with Crippen molar-refractivity contribution in [2.24, 2.45) is 0 Å². The van der Waals surface area contributed by atoms with Crippen molar-refractivity contribution < 1.29 is 9.53 Å². The fraction of sp³-hybridized carbons (Fsp3) is 0.381. The molecule has 0 saturated carbocycles. The fourth-order valence-corrected chi connectivity index (χ4v) is 4.96. The molecule has 6 heteroatoms. The number of hydrogen-bond acceptors (Lipinski definition) is 5. The van der Waals surface area contributed by atoms with Gasteiger partial charge in [-0.15, -0.1) is 0 Å². The van der Waals surface area contributed by atoms with Crippen LogP contribution in [0, 0.1) is 0 Å². The molecule has 2 aliphatic rings. The number of halogens is 1. The first-order valence-electron chi connectivity index (χ1n) is 9.33. The smallest absolute Gasteiger partial charge is 0.178 e. The van der Waals surface area contributed by atoms with Gasteiger partial charge in [-0.05, 0) is 42.1 Å². The number of carbonyl (C=O) groups excluding carboxylic acids is 1. The van der Waals surface area contributed by atoms with E-state index < -0.39 is 0 Å². The lowest BCUT2D eigenvalue weighted by atomic mass is 10.0. The van der Waals surface area contributed by atoms with Crippen LogP contribution in [-0.4, -0.2) is 54.4 Å². The lowest BCUT2D eigenvalue weighted by Crippen LogP contribution is -2.39. The highest BCUT2D eigenvalue weighted by atomic mass is 35.5. The molecule has 4 rings (SSSR count). The molecule has 1 saturated heterocycles. The van der Waals surface area contributed by atoms with Crippen LogP contribution in [0.4, 0.5) is 0 Å². The van der Waals surface area contributed by atoms with Gasteiger partial charge in [-0.1, -0.05) is 41.9 Å². The summed E-state index contributed by atoms with van der Waals surface area (Å²) in [7, 11) is 0. The summed E-state index contributed by atoms with van der Waals surface area (Å²) in [6, 6.07) is 16.1. The minimum absolute atomic E-state index is 0.160. The summed E-state index contributed by atoms with van der Waals surface area (Å²) in [4.78, 5) is 16.2. The predicted octanol–water partition coefficient (Wildman–Crippen LogP) is 4.31. The van der Waals surface area contributed by atoms with Gasteiger partial charge in [0.05, 0.1) is 19.8 Å². The third kappa shape index (κ3) is 4.55. The zero-order valence-electron chi connectivity index (χ0n) is 15.1. The van der Waals surface area contributed by atoms with Crippen molar-refractivity contribution in [3.05, 3.63) is 64.7 Å². The van der Waals surface area contributed by atoms with E-state index in [-0.39, 0.29) is 11.8 Å². The number of morpholine rings is 1. The Labute approximate surface area is 169 Å². The van der Waals surface area contributed by atoms with Crippen LogP contribution >= 0.6 is 23.5 Å². The van der Waals surface area contributed by atoms with Gasteiger partial charge >= 0.3 is 0 Å². The van der Waals surface area contributed by atoms with E-state index in [1.54, 1.807) is 11.9 Å². The zero-order chi connectivity index (χ0) is 18.6. The van der Waals surface area contributed by atoms with Gasteiger partial charge in [0.25, 0.3) is 0 Å². The number of Topliss-reactive ketones (excluding diaryl/α,β-unsaturated/α-hetero) is 1. The number of nitrogens with zero attached hydrogens (tertiary/aromatic N) is 2. The lowest BCUT2D eigenvalue weighted by Gasteiger charge is -2.35. The third-order valence-electron chi connectivity index (χ3n) is 5.13. The molecule has 2 aliphatic heterocycles. The minimum Gasteiger partial charge on any atom is -0.379 e. The van der Waals surface area contributed by atoms with E-state index >= 15 is 0 Å². The maximum atomic E-state index is 12.7. The van der Waals surface area contributed by atoms with Crippen LogP contribution in [0.2, 0.25) is 5.02 Å². The molecule has 0 aliphatic carbocycles. The number of fused-ring (bicyclic) bond motifs is 1. The van der Waals surface area contributed by atoms with Crippen LogP contribution in [0.1, 0.15) is 28.4 Å². The van der Waals surface area contributed by atoms with Crippen molar-refractivity contribution >= 4 is 29.3 Å². The monoisotopic (exact) mass is 402 g/mol. The van der Waals surface area contributed by atoms with E-state index in [0.29, 0.717) is 6.54 Å². The van der Waals surface area contributed by atoms with Crippen LogP contribution in [0.15, 0.2) is 53.4 Å². The SMILES string of the molecule is O=C1CN(C(CCN2CCOCC2)c2ccc(Cl)cc2)Sc2ccccc21. The Balaban J connectivity index is 1.55. The zero-order valence-corrected chi connectivity index (χ0v) is 16.7. The van der Waals surface area contributed by atoms with Crippen molar-refractivity contribution in [3.63, 3.8) is 0 Å². The van der Waals surface area contributed by atoms with E-state index in [0.717, 1.165) is 54.8 Å². The van der Waals surface area contributed by atoms with E-state index in [2.05, 4.69) is 21.3 Å². The number of ketones is 1. The summed E-state index contributed by atoms with van der Waals surface area (Å²) < 4.78 is 7.69. The van der Waals surface area contributed by atoms with Gasteiger partial charge in [-0.2, -0.15) is 0 Å². The Hall–Kier alpha value is -1.37. The van der Waals surface area contributed by atoms with Gasteiger partial charge in [-0.25, -0.2) is 4.31 Å². The minimum atomic E-state index is 0.160. The molecule has 2 aromatic carbocycles. The molecule has 0 amide bonds. The molecule has 2 aromatic rings. The summed E-state index contributed by atoms with van der Waals surface area (Å²) >= 11 is 7.79. The molecule has 0 aromatic heterocycles. The van der Waals surface area contributed by atoms with E-state index in [1.807, 2.05) is 36.4 Å². The van der Waals surface area contributed by atoms with E-state index in [1.165, 1.54) is 5.56 Å². The van der Waals surface area contributed by atoms with Crippen molar-refractivity contribution in [1.82, 2.24) is 9.21 Å². The molecular weight excluding hydrogens is 380 g/mol. The van der Waals surface area contributed by atoms with Gasteiger partial charge in [0.15, 0.2) is 5.78 Å². The van der Waals surface area contributed by atoms with Crippen LogP contribution in [0.3, 0.4) is 0 Å². The number of rotatable bonds is 5. The number of hydrogen-bond donors (Lipinski definition) is 0. The molecular formula is C21H23ClN2O2S. The van der Waals surface area contributed by atoms with Gasteiger partial charge in [0, 0.05) is 41.2 Å². The molecule has 2 heterocycles. The first kappa shape index (κ1) is 19.0. The first-order chi connectivity index (χ1) is 13.2. The Morgan fingerprint density at radius 1 is 1.07 bits per heavy atom. The second-order valence-electron chi connectivity index (χ2n) is 6.90. The molecule has 0 spiro atoms. The Morgan fingerprint density at radius 2 is 1.81 bits per heavy atom. The van der Waals surface area contributed by atoms with Gasteiger partial charge < -0.3 is 4.74 Å². The Bertz CT molecular complexity index is 793. The highest BCUT2D eigenvalue weighted by Crippen LogP contribution is 2.39. The Kier molecular flexibility index (Phi) is 6.15. The second kappa shape index (κ2) is 8.76. The normalized spacial score (nSPS) is 19.7.